The Hall–Kier alpha value is -1.50. The maximum absolute atomic E-state index is 5.47. The molecule has 0 atom stereocenters. The van der Waals surface area contributed by atoms with Gasteiger partial charge in [0.1, 0.15) is 0 Å². The fourth-order valence-electron chi connectivity index (χ4n) is 2.97. The van der Waals surface area contributed by atoms with Gasteiger partial charge in [-0.3, -0.25) is 0 Å². The number of rotatable bonds is 5. The summed E-state index contributed by atoms with van der Waals surface area (Å²) in [6, 6.07) is 27.0. The fraction of sp³-hybridized carbons (Fsp3) is 0.182. The van der Waals surface area contributed by atoms with Crippen LogP contribution in [0.15, 0.2) is 72.8 Å². The van der Waals surface area contributed by atoms with Gasteiger partial charge in [0.25, 0.3) is 0 Å². The second-order valence-electron chi connectivity index (χ2n) is 6.08. The van der Waals surface area contributed by atoms with Crippen molar-refractivity contribution in [1.82, 2.24) is 0 Å². The zero-order valence-corrected chi connectivity index (χ0v) is 18.0. The van der Waals surface area contributed by atoms with Crippen molar-refractivity contribution < 1.29 is 4.74 Å². The van der Waals surface area contributed by atoms with E-state index in [1.807, 2.05) is 0 Å². The van der Waals surface area contributed by atoms with E-state index >= 15 is 0 Å². The Labute approximate surface area is 153 Å². The molecular weight excluding hydrogens is 489 g/mol. The number of aryl methyl sites for hydroxylation is 2. The van der Waals surface area contributed by atoms with Crippen molar-refractivity contribution in [2.24, 2.45) is 0 Å². The fourth-order valence-corrected chi connectivity index (χ4v) is 13.3. The minimum absolute atomic E-state index is 0.680. The Morgan fingerprint density at radius 1 is 0.750 bits per heavy atom. The second kappa shape index (κ2) is 8.05. The monoisotopic (exact) mass is 512 g/mol. The van der Waals surface area contributed by atoms with E-state index in [2.05, 4.69) is 86.6 Å². The molecule has 1 nitrogen and oxygen atoms in total. The summed E-state index contributed by atoms with van der Waals surface area (Å²) in [5.41, 5.74) is 4.01. The van der Waals surface area contributed by atoms with Gasteiger partial charge in [-0.05, 0) is 0 Å². The summed E-state index contributed by atoms with van der Waals surface area (Å²) in [7, 11) is 1.78. The molecule has 0 N–H and O–H groups in total. The zero-order valence-electron chi connectivity index (χ0n) is 14.5. The van der Waals surface area contributed by atoms with Gasteiger partial charge in [-0.25, -0.2) is 0 Å². The molecule has 0 unspecified atom stereocenters. The third-order valence-electron chi connectivity index (χ3n) is 4.05. The molecule has 0 spiro atoms. The molecule has 3 aromatic rings. The van der Waals surface area contributed by atoms with E-state index in [1.54, 1.807) is 7.11 Å². The molecule has 122 valence electrons. The minimum atomic E-state index is -2.33. The number of ether oxygens (including phenoxy) is 1. The van der Waals surface area contributed by atoms with Crippen LogP contribution in [-0.2, 0) is 11.3 Å². The van der Waals surface area contributed by atoms with Gasteiger partial charge in [-0.15, -0.1) is 0 Å². The molecule has 0 radical (unpaired) electrons. The van der Waals surface area contributed by atoms with Gasteiger partial charge in [0.05, 0.1) is 0 Å². The van der Waals surface area contributed by atoms with Crippen LogP contribution in [-0.4, -0.2) is 28.9 Å². The van der Waals surface area contributed by atoms with Crippen molar-refractivity contribution >= 4 is 31.6 Å². The van der Waals surface area contributed by atoms with Crippen LogP contribution in [0.3, 0.4) is 0 Å². The molecule has 0 aliphatic heterocycles. The number of methoxy groups -OCH3 is 1. The van der Waals surface area contributed by atoms with Gasteiger partial charge < -0.3 is 0 Å². The van der Waals surface area contributed by atoms with Crippen LogP contribution in [0.4, 0.5) is 0 Å². The number of hydrogen-bond acceptors (Lipinski definition) is 1. The van der Waals surface area contributed by atoms with Crippen LogP contribution in [0, 0.1) is 13.8 Å². The summed E-state index contributed by atoms with van der Waals surface area (Å²) >= 11 is -2.33. The molecule has 0 aliphatic carbocycles. The Morgan fingerprint density at radius 3 is 1.88 bits per heavy atom. The zero-order chi connectivity index (χ0) is 16.9. The average Bonchev–Trinajstić information content (AvgIpc) is 2.57. The number of benzene rings is 3. The molecule has 0 saturated heterocycles. The van der Waals surface area contributed by atoms with Gasteiger partial charge >= 0.3 is 153 Å². The molecule has 0 saturated carbocycles. The van der Waals surface area contributed by atoms with Crippen LogP contribution in [0.5, 0.6) is 0 Å². The second-order valence-corrected chi connectivity index (χ2v) is 14.6. The van der Waals surface area contributed by atoms with Crippen LogP contribution in [0.2, 0.25) is 0 Å². The summed E-state index contributed by atoms with van der Waals surface area (Å²) in [5.74, 6) is 0. The van der Waals surface area contributed by atoms with Crippen molar-refractivity contribution in [1.29, 1.82) is 0 Å². The Bertz CT molecular complexity index is 780. The Morgan fingerprint density at radius 2 is 1.33 bits per heavy atom. The third kappa shape index (κ3) is 3.94. The molecule has 0 heterocycles. The molecule has 0 bridgehead atoms. The molecular formula is C22H23BiO. The maximum atomic E-state index is 5.47. The van der Waals surface area contributed by atoms with Crippen molar-refractivity contribution in [3.8, 4) is 0 Å². The third-order valence-corrected chi connectivity index (χ3v) is 13.8. The van der Waals surface area contributed by atoms with Crippen molar-refractivity contribution in [2.45, 2.75) is 20.5 Å². The first-order chi connectivity index (χ1) is 11.7. The van der Waals surface area contributed by atoms with Gasteiger partial charge in [0, 0.05) is 0 Å². The van der Waals surface area contributed by atoms with E-state index in [4.69, 9.17) is 4.74 Å². The summed E-state index contributed by atoms with van der Waals surface area (Å²) in [4.78, 5) is 0. The Balaban J connectivity index is 2.19. The summed E-state index contributed by atoms with van der Waals surface area (Å²) in [6.45, 7) is 5.05. The van der Waals surface area contributed by atoms with E-state index in [0.29, 0.717) is 6.61 Å². The van der Waals surface area contributed by atoms with Gasteiger partial charge in [-0.2, -0.15) is 0 Å². The molecule has 2 heteroatoms. The molecule has 0 aliphatic rings. The first kappa shape index (κ1) is 17.3. The standard InChI is InChI=1S/C8H9O.2C7H7.Bi/c1-9-7-8-5-3-2-4-6-8;2*1-7-5-3-2-4-6-7;/h2-5H,7H2,1H3;2*2-3,5-6H,1H3;. The summed E-state index contributed by atoms with van der Waals surface area (Å²) in [6.07, 6.45) is 0. The molecule has 0 aromatic heterocycles. The first-order valence-electron chi connectivity index (χ1n) is 8.19. The van der Waals surface area contributed by atoms with E-state index < -0.39 is 21.8 Å². The van der Waals surface area contributed by atoms with Crippen molar-refractivity contribution in [3.63, 3.8) is 0 Å². The molecule has 3 aromatic carbocycles. The Kier molecular flexibility index (Phi) is 5.82. The van der Waals surface area contributed by atoms with E-state index in [-0.39, 0.29) is 0 Å². The van der Waals surface area contributed by atoms with Gasteiger partial charge in [0.15, 0.2) is 0 Å². The normalized spacial score (nSPS) is 11.0. The SMILES string of the molecule is COCc1cccc[c]1[Bi]([c]1cccc(C)c1)[c]1cccc(C)c1. The van der Waals surface area contributed by atoms with Crippen LogP contribution in [0.25, 0.3) is 0 Å². The van der Waals surface area contributed by atoms with Crippen molar-refractivity contribution in [2.75, 3.05) is 7.11 Å². The van der Waals surface area contributed by atoms with Crippen molar-refractivity contribution in [3.05, 3.63) is 89.5 Å². The molecule has 3 rings (SSSR count). The van der Waals surface area contributed by atoms with Gasteiger partial charge in [0.2, 0.25) is 0 Å². The van der Waals surface area contributed by atoms with Crippen LogP contribution < -0.4 is 9.81 Å². The predicted molar refractivity (Wildman–Crippen MR) is 104 cm³/mol. The van der Waals surface area contributed by atoms with Crippen LogP contribution >= 0.6 is 0 Å². The van der Waals surface area contributed by atoms with E-state index in [0.717, 1.165) is 0 Å². The molecule has 0 fully saturated rings. The first-order valence-corrected chi connectivity index (χ1v) is 13.4. The van der Waals surface area contributed by atoms with E-state index in [9.17, 15) is 0 Å². The topological polar surface area (TPSA) is 9.23 Å². The summed E-state index contributed by atoms with van der Waals surface area (Å²) < 4.78 is 10.0. The van der Waals surface area contributed by atoms with Crippen LogP contribution in [0.1, 0.15) is 16.7 Å². The summed E-state index contributed by atoms with van der Waals surface area (Å²) in [5, 5.41) is 0. The predicted octanol–water partition coefficient (Wildman–Crippen LogP) is 2.97. The van der Waals surface area contributed by atoms with Gasteiger partial charge in [-0.1, -0.05) is 0 Å². The number of hydrogen-bond donors (Lipinski definition) is 0. The molecule has 24 heavy (non-hydrogen) atoms. The average molecular weight is 512 g/mol. The molecule has 0 amide bonds. The quantitative estimate of drug-likeness (QED) is 0.478. The van der Waals surface area contributed by atoms with E-state index in [1.165, 1.54) is 26.5 Å².